The molecule has 1 heterocycles. The number of hydrogen-bond donors (Lipinski definition) is 1. The zero-order chi connectivity index (χ0) is 13.9. The molecule has 0 aromatic heterocycles. The third-order valence-electron chi connectivity index (χ3n) is 4.43. The van der Waals surface area contributed by atoms with Crippen LogP contribution in [0.2, 0.25) is 0 Å². The summed E-state index contributed by atoms with van der Waals surface area (Å²) in [6.45, 7) is 9.66. The number of likely N-dealkylation sites (tertiary alicyclic amines) is 1. The highest BCUT2D eigenvalue weighted by Crippen LogP contribution is 2.48. The lowest BCUT2D eigenvalue weighted by molar-refractivity contribution is 0.0317. The number of piperidine rings is 1. The molecule has 0 aromatic carbocycles. The first-order chi connectivity index (χ1) is 8.89. The molecule has 4 nitrogen and oxygen atoms in total. The number of carbonyl (C=O) groups excluding carboxylic acids is 1. The van der Waals surface area contributed by atoms with Gasteiger partial charge in [-0.05, 0) is 65.0 Å². The summed E-state index contributed by atoms with van der Waals surface area (Å²) in [5.41, 5.74) is 0.293. The highest BCUT2D eigenvalue weighted by atomic mass is 16.6. The molecule has 1 aliphatic carbocycles. The van der Waals surface area contributed by atoms with E-state index >= 15 is 0 Å². The molecule has 2 aliphatic rings. The number of nitrogens with one attached hydrogen (secondary N) is 1. The zero-order valence-corrected chi connectivity index (χ0v) is 12.6. The Balaban J connectivity index is 1.58. The third kappa shape index (κ3) is 4.37. The van der Waals surface area contributed by atoms with E-state index in [1.54, 1.807) is 0 Å². The summed E-state index contributed by atoms with van der Waals surface area (Å²) in [4.78, 5) is 14.0. The van der Waals surface area contributed by atoms with Gasteiger partial charge in [-0.3, -0.25) is 0 Å². The molecule has 4 heteroatoms. The topological polar surface area (TPSA) is 41.6 Å². The Hall–Kier alpha value is -0.770. The van der Waals surface area contributed by atoms with E-state index in [4.69, 9.17) is 4.74 Å². The quantitative estimate of drug-likeness (QED) is 0.855. The van der Waals surface area contributed by atoms with Gasteiger partial charge in [0.05, 0.1) is 0 Å². The van der Waals surface area contributed by atoms with Gasteiger partial charge in [-0.2, -0.15) is 0 Å². The molecule has 1 N–H and O–H groups in total. The molecule has 1 amide bonds. The van der Waals surface area contributed by atoms with Crippen LogP contribution in [0, 0.1) is 5.41 Å². The van der Waals surface area contributed by atoms with Gasteiger partial charge in [0.1, 0.15) is 5.60 Å². The maximum atomic E-state index is 11.5. The standard InChI is InChI=1S/C15H28N2O2/c1-14(2,3)19-13(18)16-9-12-17-10-7-15(8-11-17)5-4-6-15/h4-12H2,1-3H3,(H,16,18). The summed E-state index contributed by atoms with van der Waals surface area (Å²) >= 11 is 0. The Kier molecular flexibility index (Phi) is 4.39. The fraction of sp³-hybridized carbons (Fsp3) is 0.933. The van der Waals surface area contributed by atoms with Crippen LogP contribution >= 0.6 is 0 Å². The monoisotopic (exact) mass is 268 g/mol. The largest absolute Gasteiger partial charge is 0.444 e. The second-order valence-electron chi connectivity index (χ2n) is 7.12. The Bertz CT molecular complexity index is 309. The lowest BCUT2D eigenvalue weighted by Gasteiger charge is -2.48. The van der Waals surface area contributed by atoms with E-state index < -0.39 is 5.60 Å². The maximum absolute atomic E-state index is 11.5. The van der Waals surface area contributed by atoms with Gasteiger partial charge in [0.15, 0.2) is 0 Å². The van der Waals surface area contributed by atoms with Gasteiger partial charge in [0.25, 0.3) is 0 Å². The van der Waals surface area contributed by atoms with Crippen molar-refractivity contribution in [1.29, 1.82) is 0 Å². The second kappa shape index (κ2) is 5.70. The number of ether oxygens (including phenoxy) is 1. The van der Waals surface area contributed by atoms with Crippen LogP contribution in [-0.4, -0.2) is 42.8 Å². The predicted octanol–water partition coefficient (Wildman–Crippen LogP) is 2.78. The van der Waals surface area contributed by atoms with Crippen molar-refractivity contribution >= 4 is 6.09 Å². The molecule has 1 saturated heterocycles. The van der Waals surface area contributed by atoms with Gasteiger partial charge in [-0.15, -0.1) is 0 Å². The average molecular weight is 268 g/mol. The second-order valence-corrected chi connectivity index (χ2v) is 7.12. The van der Waals surface area contributed by atoms with Crippen LogP contribution in [0.4, 0.5) is 4.79 Å². The predicted molar refractivity (Wildman–Crippen MR) is 76.2 cm³/mol. The molecule has 0 unspecified atom stereocenters. The van der Waals surface area contributed by atoms with Crippen molar-refractivity contribution in [2.24, 2.45) is 5.41 Å². The fourth-order valence-electron chi connectivity index (χ4n) is 3.06. The highest BCUT2D eigenvalue weighted by Gasteiger charge is 2.39. The first-order valence-corrected chi connectivity index (χ1v) is 7.58. The minimum atomic E-state index is -0.411. The third-order valence-corrected chi connectivity index (χ3v) is 4.43. The van der Waals surface area contributed by atoms with Crippen molar-refractivity contribution in [1.82, 2.24) is 10.2 Å². The molecule has 19 heavy (non-hydrogen) atoms. The van der Waals surface area contributed by atoms with Crippen molar-refractivity contribution in [2.45, 2.75) is 58.5 Å². The number of amides is 1. The molecule has 2 rings (SSSR count). The van der Waals surface area contributed by atoms with E-state index in [1.165, 1.54) is 45.2 Å². The number of rotatable bonds is 3. The molecule has 0 radical (unpaired) electrons. The molecule has 0 bridgehead atoms. The van der Waals surface area contributed by atoms with Crippen LogP contribution in [0.25, 0.3) is 0 Å². The molecule has 1 spiro atoms. The van der Waals surface area contributed by atoms with Crippen LogP contribution in [0.3, 0.4) is 0 Å². The summed E-state index contributed by atoms with van der Waals surface area (Å²) in [5, 5.41) is 2.83. The Morgan fingerprint density at radius 3 is 2.32 bits per heavy atom. The van der Waals surface area contributed by atoms with E-state index in [2.05, 4.69) is 10.2 Å². The molecule has 0 atom stereocenters. The summed E-state index contributed by atoms with van der Waals surface area (Å²) in [6.07, 6.45) is 6.70. The fourth-order valence-corrected chi connectivity index (χ4v) is 3.06. The number of alkyl carbamates (subject to hydrolysis) is 1. The maximum Gasteiger partial charge on any atom is 0.407 e. The van der Waals surface area contributed by atoms with Crippen LogP contribution in [0.5, 0.6) is 0 Å². The smallest absolute Gasteiger partial charge is 0.407 e. The lowest BCUT2D eigenvalue weighted by atomic mass is 9.63. The minimum absolute atomic E-state index is 0.306. The van der Waals surface area contributed by atoms with Gasteiger partial charge in [-0.25, -0.2) is 4.79 Å². The lowest BCUT2D eigenvalue weighted by Crippen LogP contribution is -2.46. The van der Waals surface area contributed by atoms with Gasteiger partial charge in [-0.1, -0.05) is 6.42 Å². The highest BCUT2D eigenvalue weighted by molar-refractivity contribution is 5.67. The van der Waals surface area contributed by atoms with Crippen molar-refractivity contribution in [2.75, 3.05) is 26.2 Å². The number of carbonyl (C=O) groups is 1. The van der Waals surface area contributed by atoms with Crippen LogP contribution in [0.15, 0.2) is 0 Å². The van der Waals surface area contributed by atoms with Crippen LogP contribution < -0.4 is 5.32 Å². The average Bonchev–Trinajstić information content (AvgIpc) is 2.25. The molecule has 110 valence electrons. The number of nitrogens with zero attached hydrogens (tertiary/aromatic N) is 1. The summed E-state index contributed by atoms with van der Waals surface area (Å²) in [6, 6.07) is 0. The van der Waals surface area contributed by atoms with Gasteiger partial charge >= 0.3 is 6.09 Å². The van der Waals surface area contributed by atoms with Gasteiger partial charge < -0.3 is 15.0 Å². The van der Waals surface area contributed by atoms with E-state index in [9.17, 15) is 4.79 Å². The summed E-state index contributed by atoms with van der Waals surface area (Å²) < 4.78 is 5.22. The van der Waals surface area contributed by atoms with E-state index in [1.807, 2.05) is 20.8 Å². The normalized spacial score (nSPS) is 22.9. The summed E-state index contributed by atoms with van der Waals surface area (Å²) in [7, 11) is 0. The first kappa shape index (κ1) is 14.6. The van der Waals surface area contributed by atoms with Gasteiger partial charge in [0.2, 0.25) is 0 Å². The molecule has 2 fully saturated rings. The van der Waals surface area contributed by atoms with Crippen LogP contribution in [-0.2, 0) is 4.74 Å². The molecular formula is C15H28N2O2. The molecular weight excluding hydrogens is 240 g/mol. The molecule has 0 aromatic rings. The zero-order valence-electron chi connectivity index (χ0n) is 12.6. The van der Waals surface area contributed by atoms with Crippen molar-refractivity contribution in [3.05, 3.63) is 0 Å². The SMILES string of the molecule is CC(C)(C)OC(=O)NCCN1CCC2(CCC2)CC1. The van der Waals surface area contributed by atoms with E-state index in [0.29, 0.717) is 12.0 Å². The van der Waals surface area contributed by atoms with E-state index in [0.717, 1.165) is 6.54 Å². The minimum Gasteiger partial charge on any atom is -0.444 e. The van der Waals surface area contributed by atoms with Crippen molar-refractivity contribution < 1.29 is 9.53 Å². The molecule has 1 saturated carbocycles. The Morgan fingerprint density at radius 1 is 1.21 bits per heavy atom. The van der Waals surface area contributed by atoms with Crippen molar-refractivity contribution in [3.8, 4) is 0 Å². The van der Waals surface area contributed by atoms with Gasteiger partial charge in [0, 0.05) is 13.1 Å². The molecule has 1 aliphatic heterocycles. The van der Waals surface area contributed by atoms with E-state index in [-0.39, 0.29) is 6.09 Å². The Morgan fingerprint density at radius 2 is 1.84 bits per heavy atom. The number of hydrogen-bond acceptors (Lipinski definition) is 3. The van der Waals surface area contributed by atoms with Crippen molar-refractivity contribution in [3.63, 3.8) is 0 Å². The Labute approximate surface area is 116 Å². The van der Waals surface area contributed by atoms with Crippen LogP contribution in [0.1, 0.15) is 52.9 Å². The first-order valence-electron chi connectivity index (χ1n) is 7.58. The summed E-state index contributed by atoms with van der Waals surface area (Å²) in [5.74, 6) is 0.